The van der Waals surface area contributed by atoms with Gasteiger partial charge in [-0.25, -0.2) is 12.9 Å². The summed E-state index contributed by atoms with van der Waals surface area (Å²) in [5, 5.41) is 3.98. The Morgan fingerprint density at radius 2 is 1.83 bits per heavy atom. The second-order valence-electron chi connectivity index (χ2n) is 5.15. The van der Waals surface area contributed by atoms with Crippen molar-refractivity contribution >= 4 is 38.7 Å². The Bertz CT molecular complexity index is 1050. The number of hydrogen-bond acceptors (Lipinski definition) is 5. The molecule has 3 rings (SSSR count). The van der Waals surface area contributed by atoms with E-state index >= 15 is 0 Å². The van der Waals surface area contributed by atoms with Gasteiger partial charge in [-0.3, -0.25) is 9.10 Å². The van der Waals surface area contributed by atoms with Gasteiger partial charge in [-0.15, -0.1) is 5.10 Å². The highest BCUT2D eigenvalue weighted by molar-refractivity contribution is 7.92. The minimum Gasteiger partial charge on any atom is -0.288 e. The molecule has 2 heterocycles. The van der Waals surface area contributed by atoms with Crippen LogP contribution in [0.3, 0.4) is 0 Å². The van der Waals surface area contributed by atoms with E-state index in [9.17, 15) is 13.2 Å². The molecule has 124 valence electrons. The van der Waals surface area contributed by atoms with Gasteiger partial charge in [0.25, 0.3) is 0 Å². The smallest absolute Gasteiger partial charge is 0.243 e. The predicted octanol–water partition coefficient (Wildman–Crippen LogP) is 2.01. The lowest BCUT2D eigenvalue weighted by molar-refractivity contribution is 0.104. The van der Waals surface area contributed by atoms with Gasteiger partial charge < -0.3 is 0 Å². The van der Waals surface area contributed by atoms with Crippen molar-refractivity contribution in [1.29, 1.82) is 0 Å². The van der Waals surface area contributed by atoms with Crippen LogP contribution in [-0.4, -0.2) is 42.1 Å². The number of para-hydroxylation sites is 1. The Kier molecular flexibility index (Phi) is 4.02. The Morgan fingerprint density at radius 1 is 1.17 bits per heavy atom. The van der Waals surface area contributed by atoms with Crippen molar-refractivity contribution in [1.82, 2.24) is 14.6 Å². The molecule has 0 spiro atoms. The minimum absolute atomic E-state index is 0.0248. The Morgan fingerprint density at radius 3 is 2.54 bits per heavy atom. The van der Waals surface area contributed by atoms with Gasteiger partial charge in [0.2, 0.25) is 15.3 Å². The number of benzene rings is 1. The van der Waals surface area contributed by atoms with Crippen LogP contribution < -0.4 is 4.31 Å². The van der Waals surface area contributed by atoms with Crippen LogP contribution in [0.25, 0.3) is 5.65 Å². The molecule has 2 aromatic heterocycles. The van der Waals surface area contributed by atoms with Gasteiger partial charge in [0, 0.05) is 18.8 Å². The van der Waals surface area contributed by atoms with Crippen molar-refractivity contribution in [3.8, 4) is 0 Å². The van der Waals surface area contributed by atoms with E-state index in [1.807, 2.05) is 0 Å². The number of anilines is 1. The van der Waals surface area contributed by atoms with Gasteiger partial charge in [-0.1, -0.05) is 12.1 Å². The van der Waals surface area contributed by atoms with E-state index in [1.54, 1.807) is 42.6 Å². The molecule has 0 aliphatic rings. The summed E-state index contributed by atoms with van der Waals surface area (Å²) in [5.74, 6) is -0.365. The first-order valence-electron chi connectivity index (χ1n) is 6.87. The van der Waals surface area contributed by atoms with Crippen molar-refractivity contribution in [2.24, 2.45) is 0 Å². The van der Waals surface area contributed by atoms with Crippen molar-refractivity contribution in [2.75, 3.05) is 17.6 Å². The van der Waals surface area contributed by atoms with E-state index in [0.29, 0.717) is 5.65 Å². The van der Waals surface area contributed by atoms with Gasteiger partial charge >= 0.3 is 0 Å². The molecule has 24 heavy (non-hydrogen) atoms. The van der Waals surface area contributed by atoms with Crippen molar-refractivity contribution in [3.05, 3.63) is 59.0 Å². The molecule has 0 aliphatic heterocycles. The number of hydrogen-bond donors (Lipinski definition) is 0. The lowest BCUT2D eigenvalue weighted by Crippen LogP contribution is -2.26. The average Bonchev–Trinajstić information content (AvgIpc) is 2.92. The summed E-state index contributed by atoms with van der Waals surface area (Å²) < 4.78 is 26.1. The fourth-order valence-electron chi connectivity index (χ4n) is 2.32. The quantitative estimate of drug-likeness (QED) is 0.661. The van der Waals surface area contributed by atoms with Crippen LogP contribution in [-0.2, 0) is 10.0 Å². The number of halogens is 1. The molecule has 0 fully saturated rings. The Labute approximate surface area is 143 Å². The molecular formula is C15H13ClN4O3S. The molecule has 0 atom stereocenters. The summed E-state index contributed by atoms with van der Waals surface area (Å²) in [6.07, 6.45) is 2.70. The monoisotopic (exact) mass is 364 g/mol. The third-order valence-electron chi connectivity index (χ3n) is 3.57. The van der Waals surface area contributed by atoms with Crippen molar-refractivity contribution in [3.63, 3.8) is 0 Å². The number of carbonyl (C=O) groups is 1. The predicted molar refractivity (Wildman–Crippen MR) is 91.1 cm³/mol. The van der Waals surface area contributed by atoms with Crippen LogP contribution in [0.4, 0.5) is 5.69 Å². The van der Waals surface area contributed by atoms with Crippen LogP contribution in [0.15, 0.2) is 42.6 Å². The maximum atomic E-state index is 13.0. The van der Waals surface area contributed by atoms with Crippen LogP contribution in [0.2, 0.25) is 5.28 Å². The first-order valence-corrected chi connectivity index (χ1v) is 9.10. The van der Waals surface area contributed by atoms with Crippen LogP contribution >= 0.6 is 11.6 Å². The fraction of sp³-hybridized carbons (Fsp3) is 0.133. The zero-order chi connectivity index (χ0) is 17.5. The number of rotatable bonds is 4. The third kappa shape index (κ3) is 2.85. The van der Waals surface area contributed by atoms with Gasteiger partial charge in [0.1, 0.15) is 0 Å². The number of sulfonamides is 1. The van der Waals surface area contributed by atoms with Crippen LogP contribution in [0, 0.1) is 0 Å². The van der Waals surface area contributed by atoms with Gasteiger partial charge in [0.05, 0.1) is 17.5 Å². The molecule has 0 saturated heterocycles. The lowest BCUT2D eigenvalue weighted by Gasteiger charge is -2.19. The first-order chi connectivity index (χ1) is 11.3. The standard InChI is InChI=1S/C15H13ClN4O3S/c1-19(24(2,22)23)12-8-4-3-6-10(12)13(21)11-7-5-9-20-14(11)17-15(16)18-20/h3-9H,1-2H3. The molecule has 0 bridgehead atoms. The highest BCUT2D eigenvalue weighted by Gasteiger charge is 2.22. The second-order valence-corrected chi connectivity index (χ2v) is 7.50. The van der Waals surface area contributed by atoms with E-state index in [0.717, 1.165) is 10.6 Å². The molecule has 0 radical (unpaired) electrons. The normalized spacial score (nSPS) is 11.6. The molecule has 1 aromatic carbocycles. The molecule has 0 N–H and O–H groups in total. The van der Waals surface area contributed by atoms with E-state index in [2.05, 4.69) is 10.1 Å². The summed E-state index contributed by atoms with van der Waals surface area (Å²) in [7, 11) is -2.11. The van der Waals surface area contributed by atoms with Gasteiger partial charge in [-0.05, 0) is 35.9 Å². The topological polar surface area (TPSA) is 84.6 Å². The summed E-state index contributed by atoms with van der Waals surface area (Å²) in [4.78, 5) is 17.0. The van der Waals surface area contributed by atoms with Crippen molar-refractivity contribution < 1.29 is 13.2 Å². The maximum absolute atomic E-state index is 13.0. The van der Waals surface area contributed by atoms with E-state index in [-0.39, 0.29) is 27.9 Å². The number of ketones is 1. The van der Waals surface area contributed by atoms with Crippen LogP contribution in [0.1, 0.15) is 15.9 Å². The maximum Gasteiger partial charge on any atom is 0.243 e. The third-order valence-corrected chi connectivity index (χ3v) is 4.92. The summed E-state index contributed by atoms with van der Waals surface area (Å²) in [6.45, 7) is 0. The molecule has 0 aliphatic carbocycles. The molecule has 0 amide bonds. The minimum atomic E-state index is -3.51. The summed E-state index contributed by atoms with van der Waals surface area (Å²) >= 11 is 5.81. The SMILES string of the molecule is CN(c1ccccc1C(=O)c1cccn2nc(Cl)nc12)S(C)(=O)=O. The number of pyridine rings is 1. The number of fused-ring (bicyclic) bond motifs is 1. The van der Waals surface area contributed by atoms with Gasteiger partial charge in [0.15, 0.2) is 11.4 Å². The van der Waals surface area contributed by atoms with E-state index < -0.39 is 10.0 Å². The molecule has 9 heteroatoms. The molecule has 0 saturated carbocycles. The molecular weight excluding hydrogens is 352 g/mol. The largest absolute Gasteiger partial charge is 0.288 e. The lowest BCUT2D eigenvalue weighted by atomic mass is 10.0. The zero-order valence-corrected chi connectivity index (χ0v) is 14.4. The van der Waals surface area contributed by atoms with Crippen LogP contribution in [0.5, 0.6) is 0 Å². The van der Waals surface area contributed by atoms with Crippen molar-refractivity contribution in [2.45, 2.75) is 0 Å². The van der Waals surface area contributed by atoms with Gasteiger partial charge in [-0.2, -0.15) is 4.98 Å². The molecule has 3 aromatic rings. The molecule has 0 unspecified atom stereocenters. The summed E-state index contributed by atoms with van der Waals surface area (Å²) in [6, 6.07) is 9.73. The zero-order valence-electron chi connectivity index (χ0n) is 12.8. The highest BCUT2D eigenvalue weighted by Crippen LogP contribution is 2.25. The second kappa shape index (κ2) is 5.88. The van der Waals surface area contributed by atoms with E-state index in [1.165, 1.54) is 11.6 Å². The Hall–Kier alpha value is -2.45. The Balaban J connectivity index is 2.17. The first kappa shape index (κ1) is 16.4. The average molecular weight is 365 g/mol. The number of aromatic nitrogens is 3. The fourth-order valence-corrected chi connectivity index (χ4v) is 3.00. The number of carbonyl (C=O) groups excluding carboxylic acids is 1. The number of nitrogens with zero attached hydrogens (tertiary/aromatic N) is 4. The van der Waals surface area contributed by atoms with E-state index in [4.69, 9.17) is 11.6 Å². The molecule has 7 nitrogen and oxygen atoms in total. The highest BCUT2D eigenvalue weighted by atomic mass is 35.5. The summed E-state index contributed by atoms with van der Waals surface area (Å²) in [5.41, 5.74) is 1.13.